The van der Waals surface area contributed by atoms with Crippen molar-refractivity contribution >= 4 is 27.5 Å². The van der Waals surface area contributed by atoms with Crippen LogP contribution in [0.1, 0.15) is 16.7 Å². The number of phenols is 1. The van der Waals surface area contributed by atoms with Gasteiger partial charge >= 0.3 is 0 Å². The fourth-order valence-corrected chi connectivity index (χ4v) is 5.01. The fourth-order valence-electron chi connectivity index (χ4n) is 3.77. The normalized spacial score (nSPS) is 18.4. The number of fused-ring (bicyclic) bond motifs is 1. The monoisotopic (exact) mass is 384 g/mol. The third-order valence-corrected chi connectivity index (χ3v) is 6.23. The summed E-state index contributed by atoms with van der Waals surface area (Å²) in [6.45, 7) is 0.879. The SMILES string of the molecule is Oc1ccc(C[C@@H]2CN3C(=N2)SC(c2ccccc2)=C3c2ccccc2)cc1. The standard InChI is InChI=1S/C24H20N2OS/c27-21-13-11-17(12-14-21)15-20-16-26-22(18-7-3-1-4-8-18)23(28-24(26)25-20)19-9-5-2-6-10-19/h1-14,20,27H,15-16H2/t20-/m1/s1. The van der Waals surface area contributed by atoms with Gasteiger partial charge in [-0.15, -0.1) is 0 Å². The molecule has 2 aliphatic heterocycles. The number of amidine groups is 1. The second-order valence-corrected chi connectivity index (χ2v) is 8.04. The maximum absolute atomic E-state index is 9.50. The molecule has 0 saturated carbocycles. The van der Waals surface area contributed by atoms with Crippen LogP contribution in [-0.2, 0) is 6.42 Å². The van der Waals surface area contributed by atoms with Crippen molar-refractivity contribution in [3.63, 3.8) is 0 Å². The van der Waals surface area contributed by atoms with Gasteiger partial charge in [-0.2, -0.15) is 0 Å². The van der Waals surface area contributed by atoms with Gasteiger partial charge in [-0.1, -0.05) is 72.8 Å². The minimum atomic E-state index is 0.225. The van der Waals surface area contributed by atoms with Crippen LogP contribution in [0.4, 0.5) is 0 Å². The molecule has 0 unspecified atom stereocenters. The van der Waals surface area contributed by atoms with E-state index >= 15 is 0 Å². The molecule has 4 heteroatoms. The van der Waals surface area contributed by atoms with Gasteiger partial charge in [0.1, 0.15) is 5.75 Å². The van der Waals surface area contributed by atoms with E-state index in [0.29, 0.717) is 5.75 Å². The van der Waals surface area contributed by atoms with E-state index in [1.54, 1.807) is 23.9 Å². The number of nitrogens with zero attached hydrogens (tertiary/aromatic N) is 2. The second-order valence-electron chi connectivity index (χ2n) is 7.06. The summed E-state index contributed by atoms with van der Waals surface area (Å²) >= 11 is 1.77. The van der Waals surface area contributed by atoms with Gasteiger partial charge in [0.05, 0.1) is 11.7 Å². The first kappa shape index (κ1) is 17.1. The largest absolute Gasteiger partial charge is 0.508 e. The van der Waals surface area contributed by atoms with Gasteiger partial charge in [-0.05, 0) is 47.0 Å². The highest BCUT2D eigenvalue weighted by molar-refractivity contribution is 8.22. The first-order valence-electron chi connectivity index (χ1n) is 9.44. The minimum Gasteiger partial charge on any atom is -0.508 e. The lowest BCUT2D eigenvalue weighted by Gasteiger charge is -2.19. The zero-order chi connectivity index (χ0) is 18.9. The lowest BCUT2D eigenvalue weighted by molar-refractivity contribution is 0.475. The summed E-state index contributed by atoms with van der Waals surface area (Å²) in [5.74, 6) is 0.305. The molecule has 0 bridgehead atoms. The molecule has 0 aromatic heterocycles. The number of aromatic hydroxyl groups is 1. The molecule has 3 nitrogen and oxygen atoms in total. The fraction of sp³-hybridized carbons (Fsp3) is 0.125. The van der Waals surface area contributed by atoms with Gasteiger partial charge in [-0.3, -0.25) is 4.99 Å². The molecule has 28 heavy (non-hydrogen) atoms. The van der Waals surface area contributed by atoms with Crippen LogP contribution in [0.25, 0.3) is 10.6 Å². The Kier molecular flexibility index (Phi) is 4.41. The molecule has 0 aliphatic carbocycles. The van der Waals surface area contributed by atoms with Crippen molar-refractivity contribution in [2.45, 2.75) is 12.5 Å². The predicted octanol–water partition coefficient (Wildman–Crippen LogP) is 5.25. The third-order valence-electron chi connectivity index (χ3n) is 5.09. The zero-order valence-corrected chi connectivity index (χ0v) is 16.1. The molecular formula is C24H20N2OS. The molecule has 1 N–H and O–H groups in total. The molecular weight excluding hydrogens is 364 g/mol. The van der Waals surface area contributed by atoms with E-state index in [2.05, 4.69) is 65.6 Å². The number of rotatable bonds is 4. The van der Waals surface area contributed by atoms with Gasteiger partial charge in [-0.25, -0.2) is 0 Å². The Hall–Kier alpha value is -2.98. The van der Waals surface area contributed by atoms with Crippen LogP contribution < -0.4 is 0 Å². The van der Waals surface area contributed by atoms with E-state index in [4.69, 9.17) is 4.99 Å². The zero-order valence-electron chi connectivity index (χ0n) is 15.3. The van der Waals surface area contributed by atoms with Crippen molar-refractivity contribution < 1.29 is 5.11 Å². The van der Waals surface area contributed by atoms with Crippen molar-refractivity contribution in [2.24, 2.45) is 4.99 Å². The summed E-state index contributed by atoms with van der Waals surface area (Å²) in [6, 6.07) is 28.8. The highest BCUT2D eigenvalue weighted by Gasteiger charge is 2.37. The number of benzene rings is 3. The Morgan fingerprint density at radius 2 is 1.50 bits per heavy atom. The molecule has 3 aromatic carbocycles. The Balaban J connectivity index is 1.47. The van der Waals surface area contributed by atoms with Gasteiger partial charge < -0.3 is 10.0 Å². The van der Waals surface area contributed by atoms with Crippen LogP contribution in [0.2, 0.25) is 0 Å². The van der Waals surface area contributed by atoms with Crippen molar-refractivity contribution in [1.29, 1.82) is 0 Å². The molecule has 1 atom stereocenters. The summed E-state index contributed by atoms with van der Waals surface area (Å²) < 4.78 is 0. The maximum Gasteiger partial charge on any atom is 0.169 e. The maximum atomic E-state index is 9.50. The van der Waals surface area contributed by atoms with Gasteiger partial charge in [0, 0.05) is 11.4 Å². The number of hydrogen-bond acceptors (Lipinski definition) is 4. The summed E-state index contributed by atoms with van der Waals surface area (Å²) in [5, 5.41) is 10.6. The van der Waals surface area contributed by atoms with E-state index in [1.165, 1.54) is 27.3 Å². The molecule has 2 aliphatic rings. The summed E-state index contributed by atoms with van der Waals surface area (Å²) in [4.78, 5) is 8.66. The first-order valence-corrected chi connectivity index (χ1v) is 10.3. The number of phenolic OH excluding ortho intramolecular Hbond substituents is 1. The predicted molar refractivity (Wildman–Crippen MR) is 117 cm³/mol. The second kappa shape index (κ2) is 7.21. The van der Waals surface area contributed by atoms with E-state index in [9.17, 15) is 5.11 Å². The van der Waals surface area contributed by atoms with E-state index in [1.807, 2.05) is 12.1 Å². The lowest BCUT2D eigenvalue weighted by atomic mass is 10.0. The smallest absolute Gasteiger partial charge is 0.169 e. The van der Waals surface area contributed by atoms with Crippen LogP contribution in [0.15, 0.2) is 89.9 Å². The Labute approximate surface area is 169 Å². The molecule has 2 heterocycles. The Morgan fingerprint density at radius 1 is 0.857 bits per heavy atom. The van der Waals surface area contributed by atoms with E-state index in [-0.39, 0.29) is 6.04 Å². The first-order chi connectivity index (χ1) is 13.8. The topological polar surface area (TPSA) is 35.8 Å². The van der Waals surface area contributed by atoms with Crippen molar-refractivity contribution in [2.75, 3.05) is 6.54 Å². The van der Waals surface area contributed by atoms with Crippen LogP contribution in [0.3, 0.4) is 0 Å². The molecule has 0 amide bonds. The summed E-state index contributed by atoms with van der Waals surface area (Å²) in [6.07, 6.45) is 0.879. The van der Waals surface area contributed by atoms with Crippen LogP contribution in [0, 0.1) is 0 Å². The van der Waals surface area contributed by atoms with Crippen LogP contribution in [-0.4, -0.2) is 27.8 Å². The highest BCUT2D eigenvalue weighted by atomic mass is 32.2. The molecule has 0 fully saturated rings. The summed E-state index contributed by atoms with van der Waals surface area (Å²) in [5.41, 5.74) is 4.92. The Morgan fingerprint density at radius 3 is 2.18 bits per heavy atom. The number of aliphatic imine (C=N–C) groups is 1. The minimum absolute atomic E-state index is 0.225. The number of hydrogen-bond donors (Lipinski definition) is 1. The van der Waals surface area contributed by atoms with E-state index < -0.39 is 0 Å². The lowest BCUT2D eigenvalue weighted by Crippen LogP contribution is -2.24. The van der Waals surface area contributed by atoms with Gasteiger partial charge in [0.25, 0.3) is 0 Å². The van der Waals surface area contributed by atoms with Crippen molar-refractivity contribution in [3.05, 3.63) is 102 Å². The van der Waals surface area contributed by atoms with Crippen LogP contribution in [0.5, 0.6) is 5.75 Å². The van der Waals surface area contributed by atoms with Crippen molar-refractivity contribution in [3.8, 4) is 5.75 Å². The Bertz CT molecular complexity index is 1040. The van der Waals surface area contributed by atoms with Crippen LogP contribution >= 0.6 is 11.8 Å². The van der Waals surface area contributed by atoms with E-state index in [0.717, 1.165) is 18.1 Å². The van der Waals surface area contributed by atoms with Gasteiger partial charge in [0.15, 0.2) is 5.17 Å². The highest BCUT2D eigenvalue weighted by Crippen LogP contribution is 2.47. The molecule has 5 rings (SSSR count). The molecule has 0 radical (unpaired) electrons. The third kappa shape index (κ3) is 3.20. The molecule has 3 aromatic rings. The number of thioether (sulfide) groups is 1. The van der Waals surface area contributed by atoms with Crippen molar-refractivity contribution in [1.82, 2.24) is 4.90 Å². The van der Waals surface area contributed by atoms with Gasteiger partial charge in [0.2, 0.25) is 0 Å². The molecule has 0 spiro atoms. The molecule has 138 valence electrons. The average Bonchev–Trinajstić information content (AvgIpc) is 3.28. The average molecular weight is 385 g/mol. The summed E-state index contributed by atoms with van der Waals surface area (Å²) in [7, 11) is 0. The molecule has 0 saturated heterocycles. The quantitative estimate of drug-likeness (QED) is 0.667.